The average Bonchev–Trinajstić information content (AvgIpc) is 3.43. The van der Waals surface area contributed by atoms with Crippen molar-refractivity contribution in [3.05, 3.63) is 81.5 Å². The van der Waals surface area contributed by atoms with Gasteiger partial charge in [0.1, 0.15) is 0 Å². The van der Waals surface area contributed by atoms with Gasteiger partial charge in [-0.25, -0.2) is 5.43 Å². The molecule has 6 nitrogen and oxygen atoms in total. The van der Waals surface area contributed by atoms with Gasteiger partial charge >= 0.3 is 0 Å². The molecule has 9 heteroatoms. The monoisotopic (exact) mass is 497 g/mol. The van der Waals surface area contributed by atoms with Crippen molar-refractivity contribution in [3.63, 3.8) is 0 Å². The number of hydrogen-bond donors (Lipinski definition) is 1. The first kappa shape index (κ1) is 20.5. The summed E-state index contributed by atoms with van der Waals surface area (Å²) in [5.74, 6) is 0.681. The van der Waals surface area contributed by atoms with E-state index in [1.807, 2.05) is 76.7 Å². The highest BCUT2D eigenvalue weighted by molar-refractivity contribution is 9.10. The predicted octanol–water partition coefficient (Wildman–Crippen LogP) is 5.00. The largest absolute Gasteiger partial charge is 0.272 e. The molecule has 1 N–H and O–H groups in total. The Morgan fingerprint density at radius 2 is 1.90 bits per heavy atom. The summed E-state index contributed by atoms with van der Waals surface area (Å²) < 4.78 is 2.95. The molecule has 0 radical (unpaired) electrons. The van der Waals surface area contributed by atoms with Gasteiger partial charge in [0.2, 0.25) is 0 Å². The average molecular weight is 498 g/mol. The van der Waals surface area contributed by atoms with Crippen molar-refractivity contribution in [2.24, 2.45) is 5.10 Å². The number of halogens is 1. The molecule has 4 rings (SSSR count). The zero-order valence-electron chi connectivity index (χ0n) is 15.6. The Hall–Kier alpha value is -2.75. The third kappa shape index (κ3) is 5.05. The lowest BCUT2D eigenvalue weighted by Crippen LogP contribution is -2.19. The second-order valence-electron chi connectivity index (χ2n) is 6.08. The normalized spacial score (nSPS) is 11.1. The van der Waals surface area contributed by atoms with Crippen molar-refractivity contribution in [2.75, 3.05) is 5.75 Å². The van der Waals surface area contributed by atoms with Crippen LogP contribution in [0.25, 0.3) is 17.1 Å². The molecule has 1 amide bonds. The summed E-state index contributed by atoms with van der Waals surface area (Å²) in [5.41, 5.74) is 4.41. The number of aromatic nitrogens is 3. The first-order valence-corrected chi connectivity index (χ1v) is 11.6. The Balaban J connectivity index is 1.53. The van der Waals surface area contributed by atoms with E-state index in [4.69, 9.17) is 0 Å². The topological polar surface area (TPSA) is 72.2 Å². The molecular weight excluding hydrogens is 482 g/mol. The lowest BCUT2D eigenvalue weighted by atomic mass is 10.2. The van der Waals surface area contributed by atoms with Gasteiger partial charge in [0, 0.05) is 20.6 Å². The maximum atomic E-state index is 12.2. The maximum Gasteiger partial charge on any atom is 0.250 e. The number of rotatable bonds is 7. The predicted molar refractivity (Wildman–Crippen MR) is 125 cm³/mol. The molecule has 0 saturated heterocycles. The van der Waals surface area contributed by atoms with E-state index in [2.05, 4.69) is 36.7 Å². The lowest BCUT2D eigenvalue weighted by molar-refractivity contribution is -0.118. The van der Waals surface area contributed by atoms with Crippen LogP contribution in [0.15, 0.2) is 86.8 Å². The van der Waals surface area contributed by atoms with Crippen LogP contribution >= 0.6 is 39.0 Å². The number of amides is 1. The smallest absolute Gasteiger partial charge is 0.250 e. The van der Waals surface area contributed by atoms with Gasteiger partial charge in [0.15, 0.2) is 11.0 Å². The number of nitrogens with one attached hydrogen (secondary N) is 1. The van der Waals surface area contributed by atoms with Crippen molar-refractivity contribution in [1.29, 1.82) is 0 Å². The van der Waals surface area contributed by atoms with Gasteiger partial charge in [0.25, 0.3) is 5.91 Å². The van der Waals surface area contributed by atoms with Crippen LogP contribution in [0.5, 0.6) is 0 Å². The zero-order valence-corrected chi connectivity index (χ0v) is 18.8. The van der Waals surface area contributed by atoms with E-state index in [0.717, 1.165) is 20.6 Å². The van der Waals surface area contributed by atoms with Crippen LogP contribution in [-0.4, -0.2) is 32.6 Å². The van der Waals surface area contributed by atoms with E-state index in [0.29, 0.717) is 11.0 Å². The van der Waals surface area contributed by atoms with Crippen molar-refractivity contribution in [3.8, 4) is 17.1 Å². The summed E-state index contributed by atoms with van der Waals surface area (Å²) in [5, 5.41) is 15.3. The van der Waals surface area contributed by atoms with Crippen LogP contribution in [0.3, 0.4) is 0 Å². The zero-order chi connectivity index (χ0) is 20.8. The molecule has 0 aliphatic rings. The number of hydrogen-bond acceptors (Lipinski definition) is 6. The van der Waals surface area contributed by atoms with Gasteiger partial charge in [-0.05, 0) is 35.7 Å². The van der Waals surface area contributed by atoms with E-state index in [1.54, 1.807) is 17.6 Å². The van der Waals surface area contributed by atoms with Gasteiger partial charge < -0.3 is 0 Å². The fraction of sp³-hybridized carbons (Fsp3) is 0.0476. The third-order valence-corrected chi connectivity index (χ3v) is 6.27. The molecule has 2 heterocycles. The molecule has 30 heavy (non-hydrogen) atoms. The summed E-state index contributed by atoms with van der Waals surface area (Å²) in [6.45, 7) is 0. The van der Waals surface area contributed by atoms with Crippen LogP contribution < -0.4 is 5.43 Å². The Bertz CT molecular complexity index is 1140. The summed E-state index contributed by atoms with van der Waals surface area (Å²) in [4.78, 5) is 13.2. The second kappa shape index (κ2) is 9.84. The molecule has 0 unspecified atom stereocenters. The minimum absolute atomic E-state index is 0.174. The molecule has 0 atom stereocenters. The summed E-state index contributed by atoms with van der Waals surface area (Å²) >= 11 is 6.33. The fourth-order valence-corrected chi connectivity index (χ4v) is 4.25. The molecule has 0 fully saturated rings. The van der Waals surface area contributed by atoms with Crippen LogP contribution in [-0.2, 0) is 4.79 Å². The van der Waals surface area contributed by atoms with Crippen LogP contribution in [0.2, 0.25) is 0 Å². The highest BCUT2D eigenvalue weighted by atomic mass is 79.9. The molecule has 0 spiro atoms. The summed E-state index contributed by atoms with van der Waals surface area (Å²) in [7, 11) is 0. The first-order chi connectivity index (χ1) is 14.7. The van der Waals surface area contributed by atoms with E-state index in [-0.39, 0.29) is 11.7 Å². The Labute approximate surface area is 190 Å². The number of nitrogens with zero attached hydrogens (tertiary/aromatic N) is 4. The molecule has 0 aliphatic heterocycles. The molecule has 2 aromatic carbocycles. The maximum absolute atomic E-state index is 12.2. The van der Waals surface area contributed by atoms with Crippen molar-refractivity contribution >= 4 is 51.2 Å². The number of para-hydroxylation sites is 1. The van der Waals surface area contributed by atoms with E-state index >= 15 is 0 Å². The van der Waals surface area contributed by atoms with Crippen LogP contribution in [0.1, 0.15) is 4.88 Å². The second-order valence-corrected chi connectivity index (χ2v) is 8.92. The molecular formula is C21H16BrN5OS2. The van der Waals surface area contributed by atoms with E-state index in [9.17, 15) is 4.79 Å². The van der Waals surface area contributed by atoms with Crippen molar-refractivity contribution in [1.82, 2.24) is 20.2 Å². The third-order valence-electron chi connectivity index (χ3n) is 4.01. The molecule has 0 saturated carbocycles. The van der Waals surface area contributed by atoms with Gasteiger partial charge in [-0.15, -0.1) is 21.5 Å². The molecule has 4 aromatic rings. The minimum atomic E-state index is -0.208. The van der Waals surface area contributed by atoms with Crippen molar-refractivity contribution < 1.29 is 4.79 Å². The number of hydrazone groups is 1. The number of benzene rings is 2. The lowest BCUT2D eigenvalue weighted by Gasteiger charge is -2.10. The Morgan fingerprint density at radius 1 is 1.10 bits per heavy atom. The van der Waals surface area contributed by atoms with Gasteiger partial charge in [-0.2, -0.15) is 5.10 Å². The quantitative estimate of drug-likeness (QED) is 0.221. The van der Waals surface area contributed by atoms with Gasteiger partial charge in [0.05, 0.1) is 12.0 Å². The molecule has 2 aromatic heterocycles. The number of carbonyl (C=O) groups is 1. The number of thioether (sulfide) groups is 1. The molecule has 150 valence electrons. The first-order valence-electron chi connectivity index (χ1n) is 8.96. The summed E-state index contributed by atoms with van der Waals surface area (Å²) in [6, 6.07) is 21.6. The highest BCUT2D eigenvalue weighted by Crippen LogP contribution is 2.28. The number of thiophene rings is 1. The summed E-state index contributed by atoms with van der Waals surface area (Å²) in [6.07, 6.45) is 1.63. The number of carbonyl (C=O) groups excluding carboxylic acids is 1. The Kier molecular flexibility index (Phi) is 6.73. The van der Waals surface area contributed by atoms with E-state index < -0.39 is 0 Å². The van der Waals surface area contributed by atoms with Crippen molar-refractivity contribution in [2.45, 2.75) is 5.16 Å². The van der Waals surface area contributed by atoms with Crippen LogP contribution in [0, 0.1) is 0 Å². The standard InChI is InChI=1S/C21H16BrN5OS2/c22-16-10-8-15(9-11-16)20-25-26-21(27(20)17-5-2-1-3-6-17)30-14-19(28)24-23-13-18-7-4-12-29-18/h1-13H,14H2,(H,24,28)/b23-13+. The van der Waals surface area contributed by atoms with Gasteiger partial charge in [-0.3, -0.25) is 9.36 Å². The van der Waals surface area contributed by atoms with E-state index in [1.165, 1.54) is 11.8 Å². The highest BCUT2D eigenvalue weighted by Gasteiger charge is 2.17. The van der Waals surface area contributed by atoms with Crippen LogP contribution in [0.4, 0.5) is 0 Å². The Morgan fingerprint density at radius 3 is 2.63 bits per heavy atom. The fourth-order valence-electron chi connectivity index (χ4n) is 2.65. The minimum Gasteiger partial charge on any atom is -0.272 e. The molecule has 0 bridgehead atoms. The molecule has 0 aliphatic carbocycles. The van der Waals surface area contributed by atoms with Gasteiger partial charge in [-0.1, -0.05) is 64.1 Å². The SMILES string of the molecule is O=C(CSc1nnc(-c2ccc(Br)cc2)n1-c1ccccc1)N/N=C/c1cccs1.